The molecule has 4 aliphatic rings. The third-order valence-corrected chi connectivity index (χ3v) is 15.9. The quantitative estimate of drug-likeness (QED) is 0.272. The number of hydrogen-bond acceptors (Lipinski definition) is 4. The largest absolute Gasteiger partial charge is 0.410 e. The van der Waals surface area contributed by atoms with E-state index < -0.39 is 27.6 Å². The van der Waals surface area contributed by atoms with Crippen molar-refractivity contribution in [2.75, 3.05) is 0 Å². The van der Waals surface area contributed by atoms with Crippen LogP contribution in [0.5, 0.6) is 0 Å². The fraction of sp³-hybridized carbons (Fsp3) is 0.833. The standard InChI is InChI=1S/C24H42O4Si2/c1-16-13-12-14-18-15-23-19(20(22(16,18)6)25-29(7,8)9)17(2)24(26-23,28-27-23)30(10,11)21(3,4)5/h14,16,20H,12-13,15H2,1-11H3/t16-,20+,22+,23-,24-/m0/s1. The molecule has 4 nitrogen and oxygen atoms in total. The van der Waals surface area contributed by atoms with Crippen molar-refractivity contribution in [3.8, 4) is 0 Å². The van der Waals surface area contributed by atoms with Crippen molar-refractivity contribution in [2.24, 2.45) is 11.3 Å². The van der Waals surface area contributed by atoms with Crippen LogP contribution in [0, 0.1) is 11.3 Å². The van der Waals surface area contributed by atoms with Gasteiger partial charge in [0.2, 0.25) is 11.2 Å². The summed E-state index contributed by atoms with van der Waals surface area (Å²) < 4.78 is 14.0. The first kappa shape index (κ1) is 22.9. The van der Waals surface area contributed by atoms with Crippen molar-refractivity contribution < 1.29 is 18.9 Å². The third kappa shape index (κ3) is 2.77. The summed E-state index contributed by atoms with van der Waals surface area (Å²) in [5, 5.41) is 0.0928. The Morgan fingerprint density at radius 3 is 2.30 bits per heavy atom. The molecular formula is C24H42O4Si2. The molecule has 0 amide bonds. The van der Waals surface area contributed by atoms with Gasteiger partial charge >= 0.3 is 0 Å². The Labute approximate surface area is 185 Å². The number of hydrogen-bond donors (Lipinski definition) is 0. The number of rotatable bonds is 3. The van der Waals surface area contributed by atoms with Crippen LogP contribution in [0.2, 0.25) is 37.8 Å². The Morgan fingerprint density at radius 2 is 1.73 bits per heavy atom. The molecule has 2 bridgehead atoms. The molecule has 5 atom stereocenters. The lowest BCUT2D eigenvalue weighted by atomic mass is 9.56. The summed E-state index contributed by atoms with van der Waals surface area (Å²) in [7, 11) is -3.93. The highest BCUT2D eigenvalue weighted by Gasteiger charge is 2.75. The zero-order valence-corrected chi connectivity index (χ0v) is 23.0. The van der Waals surface area contributed by atoms with Gasteiger partial charge in [-0.15, -0.1) is 0 Å². The summed E-state index contributed by atoms with van der Waals surface area (Å²) in [6.07, 6.45) is 5.49. The van der Waals surface area contributed by atoms with Gasteiger partial charge in [0, 0.05) is 17.4 Å². The van der Waals surface area contributed by atoms with Crippen LogP contribution in [-0.2, 0) is 18.9 Å². The minimum Gasteiger partial charge on any atom is -0.410 e. The van der Waals surface area contributed by atoms with E-state index >= 15 is 0 Å². The molecule has 170 valence electrons. The molecule has 1 saturated carbocycles. The average molecular weight is 451 g/mol. The molecule has 2 heterocycles. The number of fused-ring (bicyclic) bond motifs is 2. The van der Waals surface area contributed by atoms with Gasteiger partial charge < -0.3 is 9.16 Å². The van der Waals surface area contributed by atoms with Gasteiger partial charge in [-0.2, -0.15) is 9.78 Å². The van der Waals surface area contributed by atoms with E-state index in [2.05, 4.69) is 80.4 Å². The van der Waals surface area contributed by atoms with Crippen LogP contribution in [0.3, 0.4) is 0 Å². The SMILES string of the molecule is CC1=C2[C@@H](O[Si](C)(C)C)[C@@]3(C)C(=CCC[C@@H]3C)C[C@]23OO[C@@]1([Si](C)(C)C(C)(C)C)O3. The number of ether oxygens (including phenoxy) is 1. The predicted molar refractivity (Wildman–Crippen MR) is 126 cm³/mol. The van der Waals surface area contributed by atoms with E-state index in [0.29, 0.717) is 5.92 Å². The molecule has 30 heavy (non-hydrogen) atoms. The van der Waals surface area contributed by atoms with E-state index in [4.69, 9.17) is 18.9 Å². The zero-order chi connectivity index (χ0) is 22.5. The molecule has 1 spiro atoms. The second-order valence-electron chi connectivity index (χ2n) is 12.8. The maximum Gasteiger partial charge on any atom is 0.233 e. The molecule has 2 aliphatic heterocycles. The van der Waals surface area contributed by atoms with Crippen molar-refractivity contribution >= 4 is 16.4 Å². The Balaban J connectivity index is 1.95. The van der Waals surface area contributed by atoms with Gasteiger partial charge in [-0.25, -0.2) is 0 Å². The van der Waals surface area contributed by atoms with Gasteiger partial charge in [-0.3, -0.25) is 0 Å². The molecule has 0 aromatic carbocycles. The molecule has 0 aromatic heterocycles. The Hall–Kier alpha value is -0.246. The average Bonchev–Trinajstić information content (AvgIpc) is 3.08. The van der Waals surface area contributed by atoms with Gasteiger partial charge in [0.15, 0.2) is 8.32 Å². The van der Waals surface area contributed by atoms with E-state index in [1.165, 1.54) is 23.1 Å². The molecule has 0 unspecified atom stereocenters. The topological polar surface area (TPSA) is 36.9 Å². The van der Waals surface area contributed by atoms with Crippen LogP contribution in [0.15, 0.2) is 22.8 Å². The summed E-state index contributed by atoms with van der Waals surface area (Å²) in [5.41, 5.74) is 3.11. The molecule has 0 radical (unpaired) electrons. The second kappa shape index (κ2) is 6.42. The molecule has 2 fully saturated rings. The predicted octanol–water partition coefficient (Wildman–Crippen LogP) is 6.72. The molecular weight excluding hydrogens is 408 g/mol. The van der Waals surface area contributed by atoms with Crippen LogP contribution < -0.4 is 0 Å². The van der Waals surface area contributed by atoms with Crippen molar-refractivity contribution in [1.29, 1.82) is 0 Å². The Bertz CT molecular complexity index is 818. The first-order valence-electron chi connectivity index (χ1n) is 11.7. The maximum atomic E-state index is 7.04. The van der Waals surface area contributed by atoms with Gasteiger partial charge in [-0.1, -0.05) is 59.4 Å². The lowest BCUT2D eigenvalue weighted by molar-refractivity contribution is -0.339. The molecule has 0 aromatic rings. The van der Waals surface area contributed by atoms with Crippen molar-refractivity contribution in [1.82, 2.24) is 0 Å². The van der Waals surface area contributed by atoms with Gasteiger partial charge in [0.1, 0.15) is 8.07 Å². The molecule has 6 heteroatoms. The smallest absolute Gasteiger partial charge is 0.233 e. The van der Waals surface area contributed by atoms with Crippen molar-refractivity contribution in [3.05, 3.63) is 22.8 Å². The van der Waals surface area contributed by atoms with E-state index in [0.717, 1.165) is 12.8 Å². The Morgan fingerprint density at radius 1 is 1.10 bits per heavy atom. The second-order valence-corrected chi connectivity index (χ2v) is 22.7. The lowest BCUT2D eigenvalue weighted by Crippen LogP contribution is -2.60. The highest BCUT2D eigenvalue weighted by Crippen LogP contribution is 2.67. The fourth-order valence-electron chi connectivity index (χ4n) is 5.96. The van der Waals surface area contributed by atoms with E-state index in [-0.39, 0.29) is 16.6 Å². The van der Waals surface area contributed by atoms with Crippen LogP contribution in [-0.4, -0.2) is 33.7 Å². The van der Waals surface area contributed by atoms with Gasteiger partial charge in [0.05, 0.1) is 6.10 Å². The minimum absolute atomic E-state index is 0.0185. The van der Waals surface area contributed by atoms with E-state index in [9.17, 15) is 0 Å². The summed E-state index contributed by atoms with van der Waals surface area (Å²) in [5.74, 6) is -0.271. The van der Waals surface area contributed by atoms with Gasteiger partial charge in [-0.05, 0) is 55.9 Å². The van der Waals surface area contributed by atoms with Crippen LogP contribution >= 0.6 is 0 Å². The third-order valence-electron chi connectivity index (χ3n) is 9.02. The summed E-state index contributed by atoms with van der Waals surface area (Å²) in [4.78, 5) is 12.5. The maximum absolute atomic E-state index is 7.04. The normalized spacial score (nSPS) is 41.6. The summed E-state index contributed by atoms with van der Waals surface area (Å²) >= 11 is 0. The molecule has 1 saturated heterocycles. The minimum atomic E-state index is -2.11. The number of allylic oxidation sites excluding steroid dienone is 1. The fourth-order valence-corrected chi connectivity index (χ4v) is 9.76. The summed E-state index contributed by atoms with van der Waals surface area (Å²) in [6, 6.07) is 0. The van der Waals surface area contributed by atoms with Gasteiger partial charge in [0.25, 0.3) is 0 Å². The Kier molecular flexibility index (Phi) is 4.90. The first-order valence-corrected chi connectivity index (χ1v) is 18.1. The lowest BCUT2D eigenvalue weighted by Gasteiger charge is -2.55. The van der Waals surface area contributed by atoms with E-state index in [1.54, 1.807) is 0 Å². The van der Waals surface area contributed by atoms with E-state index in [1.807, 2.05) is 0 Å². The zero-order valence-electron chi connectivity index (χ0n) is 21.0. The highest BCUT2D eigenvalue weighted by atomic mass is 28.4. The first-order chi connectivity index (χ1) is 13.5. The van der Waals surface area contributed by atoms with Crippen LogP contribution in [0.4, 0.5) is 0 Å². The molecule has 2 aliphatic carbocycles. The van der Waals surface area contributed by atoms with Crippen molar-refractivity contribution in [2.45, 2.75) is 116 Å². The van der Waals surface area contributed by atoms with Crippen LogP contribution in [0.25, 0.3) is 0 Å². The highest BCUT2D eigenvalue weighted by molar-refractivity contribution is 6.83. The monoisotopic (exact) mass is 450 g/mol. The summed E-state index contributed by atoms with van der Waals surface area (Å²) in [6.45, 7) is 25.6. The van der Waals surface area contributed by atoms with Crippen LogP contribution in [0.1, 0.15) is 60.8 Å². The van der Waals surface area contributed by atoms with Crippen molar-refractivity contribution in [3.63, 3.8) is 0 Å². The molecule has 0 N–H and O–H groups in total. The molecule has 4 rings (SSSR count).